The Kier molecular flexibility index (Phi) is 8.26. The molecule has 38 heavy (non-hydrogen) atoms. The number of amides is 1. The van der Waals surface area contributed by atoms with E-state index in [1.165, 1.54) is 18.8 Å². The fourth-order valence-corrected chi connectivity index (χ4v) is 5.48. The minimum absolute atomic E-state index is 0.0124. The van der Waals surface area contributed by atoms with Crippen LogP contribution in [0.15, 0.2) is 34.7 Å². The Balaban J connectivity index is 1.73. The predicted octanol–water partition coefficient (Wildman–Crippen LogP) is 3.01. The molecule has 1 fully saturated rings. The van der Waals surface area contributed by atoms with E-state index in [-0.39, 0.29) is 30.3 Å². The van der Waals surface area contributed by atoms with Gasteiger partial charge in [-0.1, -0.05) is 6.07 Å². The summed E-state index contributed by atoms with van der Waals surface area (Å²) in [5, 5.41) is 7.43. The maximum absolute atomic E-state index is 13.5. The van der Waals surface area contributed by atoms with Crippen molar-refractivity contribution < 1.29 is 31.8 Å². The highest BCUT2D eigenvalue weighted by atomic mass is 32.2. The predicted molar refractivity (Wildman–Crippen MR) is 140 cm³/mol. The number of furan rings is 1. The maximum atomic E-state index is 13.5. The second kappa shape index (κ2) is 11.4. The summed E-state index contributed by atoms with van der Waals surface area (Å²) >= 11 is 0. The van der Waals surface area contributed by atoms with Gasteiger partial charge in [0.15, 0.2) is 5.76 Å². The van der Waals surface area contributed by atoms with Crippen LogP contribution in [0.4, 0.5) is 5.95 Å². The number of carbonyl (C=O) groups is 1. The van der Waals surface area contributed by atoms with Crippen molar-refractivity contribution in [2.45, 2.75) is 44.4 Å². The summed E-state index contributed by atoms with van der Waals surface area (Å²) in [5.74, 6) is 1.92. The number of benzene rings is 1. The summed E-state index contributed by atoms with van der Waals surface area (Å²) in [5.41, 5.74) is 0.392. The van der Waals surface area contributed by atoms with Crippen LogP contribution in [-0.4, -0.2) is 79.8 Å². The molecule has 3 heterocycles. The van der Waals surface area contributed by atoms with Gasteiger partial charge >= 0.3 is 0 Å². The van der Waals surface area contributed by atoms with Gasteiger partial charge < -0.3 is 23.5 Å². The molecule has 12 nitrogen and oxygen atoms in total. The zero-order chi connectivity index (χ0) is 27.4. The number of carbonyl (C=O) groups excluding carboxylic acids is 1. The molecule has 0 spiro atoms. The molecule has 0 saturated carbocycles. The van der Waals surface area contributed by atoms with Crippen LogP contribution in [0, 0.1) is 6.92 Å². The van der Waals surface area contributed by atoms with Crippen LogP contribution in [0.25, 0.3) is 17.3 Å². The smallest absolute Gasteiger partial charge is 0.243 e. The Morgan fingerprint density at radius 1 is 1.13 bits per heavy atom. The first kappa shape index (κ1) is 27.5. The molecular weight excluding hydrogens is 514 g/mol. The topological polar surface area (TPSA) is 138 Å². The fourth-order valence-electron chi connectivity index (χ4n) is 4.54. The van der Waals surface area contributed by atoms with E-state index in [2.05, 4.69) is 14.9 Å². The molecule has 1 aliphatic rings. The molecule has 2 aromatic heterocycles. The molecule has 1 saturated heterocycles. The Hall–Kier alpha value is -3.58. The van der Waals surface area contributed by atoms with Crippen LogP contribution >= 0.6 is 0 Å². The zero-order valence-corrected chi connectivity index (χ0v) is 22.9. The van der Waals surface area contributed by atoms with Crippen LogP contribution in [-0.2, 0) is 19.6 Å². The SMILES string of the molecule is COC[C@H]1CCCC(=O)N1CC(C)S(=O)(=O)Nc1nnc(-c2ccc(C)o2)n1-c1c(OC)cccc1OC. The van der Waals surface area contributed by atoms with Crippen LogP contribution < -0.4 is 14.2 Å². The van der Waals surface area contributed by atoms with Crippen molar-refractivity contribution in [3.05, 3.63) is 36.1 Å². The van der Waals surface area contributed by atoms with Gasteiger partial charge in [-0.25, -0.2) is 8.42 Å². The molecular formula is C25H33N5O7S. The van der Waals surface area contributed by atoms with Crippen molar-refractivity contribution >= 4 is 21.9 Å². The molecule has 206 valence electrons. The fraction of sp³-hybridized carbons (Fsp3) is 0.480. The van der Waals surface area contributed by atoms with E-state index >= 15 is 0 Å². The van der Waals surface area contributed by atoms with Gasteiger partial charge in [0, 0.05) is 20.1 Å². The first-order valence-corrected chi connectivity index (χ1v) is 13.8. The summed E-state index contributed by atoms with van der Waals surface area (Å²) in [6.07, 6.45) is 1.89. The molecule has 2 atom stereocenters. The van der Waals surface area contributed by atoms with E-state index in [0.717, 1.165) is 12.8 Å². The largest absolute Gasteiger partial charge is 0.494 e. The molecule has 1 aromatic carbocycles. The average Bonchev–Trinajstić information content (AvgIpc) is 3.50. The van der Waals surface area contributed by atoms with E-state index in [4.69, 9.17) is 18.6 Å². The first-order valence-electron chi connectivity index (χ1n) is 12.2. The van der Waals surface area contributed by atoms with Crippen molar-refractivity contribution in [3.8, 4) is 28.8 Å². The number of aryl methyl sites for hydroxylation is 1. The molecule has 1 N–H and O–H groups in total. The van der Waals surface area contributed by atoms with Crippen molar-refractivity contribution in [1.29, 1.82) is 0 Å². The van der Waals surface area contributed by atoms with Crippen LogP contribution in [0.3, 0.4) is 0 Å². The van der Waals surface area contributed by atoms with Crippen LogP contribution in [0.2, 0.25) is 0 Å². The third-order valence-corrected chi connectivity index (χ3v) is 8.19. The first-order chi connectivity index (χ1) is 18.2. The van der Waals surface area contributed by atoms with E-state index in [9.17, 15) is 13.2 Å². The van der Waals surface area contributed by atoms with E-state index < -0.39 is 15.3 Å². The highest BCUT2D eigenvalue weighted by molar-refractivity contribution is 7.93. The number of nitrogens with zero attached hydrogens (tertiary/aromatic N) is 4. The van der Waals surface area contributed by atoms with Gasteiger partial charge in [0.2, 0.25) is 27.7 Å². The molecule has 3 aromatic rings. The Labute approximate surface area is 221 Å². The number of methoxy groups -OCH3 is 3. The van der Waals surface area contributed by atoms with Gasteiger partial charge in [0.25, 0.3) is 0 Å². The lowest BCUT2D eigenvalue weighted by Crippen LogP contribution is -2.50. The maximum Gasteiger partial charge on any atom is 0.243 e. The third kappa shape index (κ3) is 5.48. The minimum atomic E-state index is -4.03. The summed E-state index contributed by atoms with van der Waals surface area (Å²) in [6, 6.07) is 8.50. The molecule has 13 heteroatoms. The molecule has 4 rings (SSSR count). The Morgan fingerprint density at radius 2 is 1.84 bits per heavy atom. The standard InChI is InChI=1S/C25H33N5O7S/c1-16-12-13-21(37-16)24-26-27-25(30(24)23-19(35-4)9-7-10-20(23)36-5)28-38(32,33)17(2)14-29-18(15-34-3)8-6-11-22(29)31/h7,9-10,12-13,17-18H,6,8,11,14-15H2,1-5H3,(H,27,28)/t17?,18-/m1/s1. The second-order valence-electron chi connectivity index (χ2n) is 9.11. The lowest BCUT2D eigenvalue weighted by Gasteiger charge is -2.36. The molecule has 0 aliphatic carbocycles. The van der Waals surface area contributed by atoms with Gasteiger partial charge in [-0.05, 0) is 51.0 Å². The summed E-state index contributed by atoms with van der Waals surface area (Å²) < 4.78 is 53.3. The number of piperidine rings is 1. The van der Waals surface area contributed by atoms with E-state index in [0.29, 0.717) is 41.7 Å². The minimum Gasteiger partial charge on any atom is -0.494 e. The second-order valence-corrected chi connectivity index (χ2v) is 11.2. The zero-order valence-electron chi connectivity index (χ0n) is 22.1. The van der Waals surface area contributed by atoms with Crippen molar-refractivity contribution in [3.63, 3.8) is 0 Å². The van der Waals surface area contributed by atoms with E-state index in [1.807, 2.05) is 0 Å². The van der Waals surface area contributed by atoms with Gasteiger partial charge in [0.05, 0.1) is 32.1 Å². The third-order valence-electron chi connectivity index (χ3n) is 6.51. The molecule has 1 amide bonds. The summed E-state index contributed by atoms with van der Waals surface area (Å²) in [6.45, 7) is 3.70. The van der Waals surface area contributed by atoms with Gasteiger partial charge in [0.1, 0.15) is 22.9 Å². The molecule has 0 bridgehead atoms. The Bertz CT molecular complexity index is 1360. The lowest BCUT2D eigenvalue weighted by atomic mass is 10.0. The van der Waals surface area contributed by atoms with Gasteiger partial charge in [-0.3, -0.25) is 14.1 Å². The number of anilines is 1. The number of nitrogens with one attached hydrogen (secondary N) is 1. The number of hydrogen-bond donors (Lipinski definition) is 1. The lowest BCUT2D eigenvalue weighted by molar-refractivity contribution is -0.137. The number of aromatic nitrogens is 3. The van der Waals surface area contributed by atoms with Gasteiger partial charge in [-0.2, -0.15) is 0 Å². The highest BCUT2D eigenvalue weighted by Crippen LogP contribution is 2.38. The number of ether oxygens (including phenoxy) is 3. The van der Waals surface area contributed by atoms with Crippen LogP contribution in [0.1, 0.15) is 31.9 Å². The number of rotatable bonds is 11. The quantitative estimate of drug-likeness (QED) is 0.384. The highest BCUT2D eigenvalue weighted by Gasteiger charge is 2.34. The molecule has 1 unspecified atom stereocenters. The van der Waals surface area contributed by atoms with E-state index in [1.54, 1.807) is 56.2 Å². The molecule has 1 aliphatic heterocycles. The van der Waals surface area contributed by atoms with Crippen LogP contribution in [0.5, 0.6) is 11.5 Å². The normalized spacial score (nSPS) is 16.9. The molecule has 0 radical (unpaired) electrons. The summed E-state index contributed by atoms with van der Waals surface area (Å²) in [4.78, 5) is 14.2. The van der Waals surface area contributed by atoms with Crippen molar-refractivity contribution in [2.75, 3.05) is 39.2 Å². The average molecular weight is 548 g/mol. The number of hydrogen-bond acceptors (Lipinski definition) is 9. The Morgan fingerprint density at radius 3 is 2.45 bits per heavy atom. The number of para-hydroxylation sites is 1. The van der Waals surface area contributed by atoms with Crippen molar-refractivity contribution in [2.24, 2.45) is 0 Å². The van der Waals surface area contributed by atoms with Crippen molar-refractivity contribution in [1.82, 2.24) is 19.7 Å². The van der Waals surface area contributed by atoms with Gasteiger partial charge in [-0.15, -0.1) is 10.2 Å². The number of likely N-dealkylation sites (tertiary alicyclic amines) is 1. The monoisotopic (exact) mass is 547 g/mol. The number of sulfonamides is 1. The summed E-state index contributed by atoms with van der Waals surface area (Å²) in [7, 11) is 0.532.